The second-order valence-corrected chi connectivity index (χ2v) is 36.1. The number of hydrogen-bond donors (Lipinski definition) is 0. The predicted molar refractivity (Wildman–Crippen MR) is 40.9 cm³/mol. The molecule has 0 bridgehead atoms. The molecule has 8 heteroatoms. The average molecular weight is 358 g/mol. The molecule has 1 radical (unpaired) electrons. The first kappa shape index (κ1) is 14.6. The molecule has 0 nitrogen and oxygen atoms in total. The molecule has 0 N–H and O–H groups in total. The summed E-state index contributed by atoms with van der Waals surface area (Å²) in [6.07, 6.45) is 0. The third-order valence-electron chi connectivity index (χ3n) is 0. The first-order chi connectivity index (χ1) is 2.45. The van der Waals surface area contributed by atoms with Gasteiger partial charge >= 0.3 is 64.1 Å². The van der Waals surface area contributed by atoms with E-state index in [1.807, 2.05) is 0 Å². The minimum Gasteiger partial charge on any atom is 0 e. The first-order valence-corrected chi connectivity index (χ1v) is 12.7. The smallest absolute Gasteiger partial charge is 0 e. The summed E-state index contributed by atoms with van der Waals surface area (Å²) in [6.45, 7) is -5.08. The Hall–Kier alpha value is 4.04. The van der Waals surface area contributed by atoms with Crippen molar-refractivity contribution in [2.75, 3.05) is 0 Å². The molecule has 8 heavy (non-hydrogen) atoms. The molecule has 0 aliphatic carbocycles. The van der Waals surface area contributed by atoms with Crippen LogP contribution in [-0.2, 0) is 6.97 Å². The van der Waals surface area contributed by atoms with Gasteiger partial charge in [0.15, 0.2) is 0 Å². The molecule has 0 aromatic heterocycles. The molecule has 0 aromatic rings. The molecule has 0 aliphatic heterocycles. The van der Waals surface area contributed by atoms with Gasteiger partial charge in [0.25, 0.3) is 0 Å². The third kappa shape index (κ3) is 50.3. The van der Waals surface area contributed by atoms with E-state index in [0.29, 0.717) is 0 Å². The van der Waals surface area contributed by atoms with Crippen molar-refractivity contribution in [2.45, 2.75) is 0 Å². The largest absolute Gasteiger partial charge is 0 e. The van der Waals surface area contributed by atoms with Crippen LogP contribution >= 0.6 is 57.2 Å². The molecule has 0 atom stereocenters. The Kier molecular flexibility index (Phi) is 5.58. The summed E-state index contributed by atoms with van der Waals surface area (Å²) >= 11 is 0. The van der Waals surface area contributed by atoms with E-state index in [1.54, 1.807) is 0 Å². The molecule has 53 valence electrons. The molecule has 0 heterocycles. The third-order valence-corrected chi connectivity index (χ3v) is 0. The van der Waals surface area contributed by atoms with Crippen LogP contribution in [0.25, 0.3) is 0 Å². The van der Waals surface area contributed by atoms with E-state index in [0.717, 1.165) is 0 Å². The van der Waals surface area contributed by atoms with Gasteiger partial charge in [-0.1, -0.05) is 0 Å². The van der Waals surface area contributed by atoms with Crippen LogP contribution in [0.2, 0.25) is 0 Å². The summed E-state index contributed by atoms with van der Waals surface area (Å²) < 4.78 is 0. The molecule has 0 saturated heterocycles. The number of hydrogen-bond acceptors (Lipinski definition) is 0. The summed E-state index contributed by atoms with van der Waals surface area (Å²) in [5.74, 6) is 0. The van der Waals surface area contributed by atoms with Gasteiger partial charge in [-0.3, -0.25) is 0 Å². The summed E-state index contributed by atoms with van der Waals surface area (Å²) in [7, 11) is 30.2. The fraction of sp³-hybridized carbons (Fsp3) is 0. The van der Waals surface area contributed by atoms with Crippen LogP contribution in [0, 0.1) is 0 Å². The molecule has 0 amide bonds. The first-order valence-electron chi connectivity index (χ1n) is 0.717. The molecule has 0 unspecified atom stereocenters. The fourth-order valence-corrected chi connectivity index (χ4v) is 0. The normalized spacial score (nSPS) is 20.2. The van der Waals surface area contributed by atoms with Crippen molar-refractivity contribution in [1.82, 2.24) is 0 Å². The molecular weight excluding hydrogens is 358 g/mol. The van der Waals surface area contributed by atoms with E-state index in [9.17, 15) is 0 Å². The van der Waals surface area contributed by atoms with Gasteiger partial charge < -0.3 is 0 Å². The Bertz CT molecular complexity index is 67.1. The monoisotopic (exact) mass is 355 g/mol. The minimum atomic E-state index is -5.08. The zero-order valence-electron chi connectivity index (χ0n) is 3.58. The quantitative estimate of drug-likeness (QED) is 0.579. The van der Waals surface area contributed by atoms with Crippen LogP contribution in [0.1, 0.15) is 0 Å². The zero-order valence-corrected chi connectivity index (χ0v) is 12.8. The average Bonchev–Trinajstić information content (AvgIpc) is 0.592. The van der Waals surface area contributed by atoms with Crippen molar-refractivity contribution < 1.29 is 6.97 Å². The Balaban J connectivity index is 0. The minimum absolute atomic E-state index is 0. The molecular formula is Cl6KPd. The van der Waals surface area contributed by atoms with Gasteiger partial charge in [-0.05, 0) is 0 Å². The SMILES string of the molecule is [Cl][Pd]([Cl])([Cl])([Cl])([Cl])[Cl].[K]. The zero-order chi connectivity index (χ0) is 6.41. The summed E-state index contributed by atoms with van der Waals surface area (Å²) in [5, 5.41) is 0. The molecule has 0 aromatic carbocycles. The number of rotatable bonds is 0. The van der Waals surface area contributed by atoms with Crippen LogP contribution in [-0.4, -0.2) is 51.4 Å². The van der Waals surface area contributed by atoms with Gasteiger partial charge in [0, 0.05) is 51.4 Å². The molecule has 0 spiro atoms. The van der Waals surface area contributed by atoms with Gasteiger partial charge in [-0.25, -0.2) is 0 Å². The molecule has 0 aliphatic rings. The molecule has 0 saturated carbocycles. The number of halogens is 6. The Morgan fingerprint density at radius 2 is 0.625 bits per heavy atom. The van der Waals surface area contributed by atoms with Crippen LogP contribution in [0.15, 0.2) is 0 Å². The predicted octanol–water partition coefficient (Wildman–Crippen LogP) is 3.75. The summed E-state index contributed by atoms with van der Waals surface area (Å²) in [4.78, 5) is 0. The van der Waals surface area contributed by atoms with E-state index < -0.39 is 6.97 Å². The van der Waals surface area contributed by atoms with Crippen molar-refractivity contribution in [1.29, 1.82) is 0 Å². The van der Waals surface area contributed by atoms with Gasteiger partial charge in [0.2, 0.25) is 0 Å². The molecule has 0 fully saturated rings. The van der Waals surface area contributed by atoms with E-state index in [-0.39, 0.29) is 51.4 Å². The Morgan fingerprint density at radius 3 is 0.625 bits per heavy atom. The topological polar surface area (TPSA) is 0 Å². The van der Waals surface area contributed by atoms with Crippen LogP contribution in [0.3, 0.4) is 0 Å². The van der Waals surface area contributed by atoms with Gasteiger partial charge in [0.05, 0.1) is 0 Å². The van der Waals surface area contributed by atoms with Crippen LogP contribution < -0.4 is 0 Å². The Labute approximate surface area is 112 Å². The van der Waals surface area contributed by atoms with Crippen molar-refractivity contribution in [3.63, 3.8) is 0 Å². The van der Waals surface area contributed by atoms with Crippen LogP contribution in [0.4, 0.5) is 0 Å². The van der Waals surface area contributed by atoms with Crippen molar-refractivity contribution in [3.8, 4) is 0 Å². The van der Waals surface area contributed by atoms with Crippen molar-refractivity contribution in [2.24, 2.45) is 0 Å². The second kappa shape index (κ2) is 3.07. The summed E-state index contributed by atoms with van der Waals surface area (Å²) in [5.41, 5.74) is 0. The second-order valence-electron chi connectivity index (χ2n) is 0.678. The maximum atomic E-state index is 5.03. The van der Waals surface area contributed by atoms with Crippen molar-refractivity contribution >= 4 is 109 Å². The Morgan fingerprint density at radius 1 is 0.625 bits per heavy atom. The van der Waals surface area contributed by atoms with Crippen molar-refractivity contribution in [3.05, 3.63) is 0 Å². The van der Waals surface area contributed by atoms with Crippen LogP contribution in [0.5, 0.6) is 0 Å². The van der Waals surface area contributed by atoms with Gasteiger partial charge in [-0.2, -0.15) is 0 Å². The summed E-state index contributed by atoms with van der Waals surface area (Å²) in [6, 6.07) is 0. The van der Waals surface area contributed by atoms with E-state index in [1.165, 1.54) is 0 Å². The maximum Gasteiger partial charge on any atom is 0 e. The van der Waals surface area contributed by atoms with E-state index in [4.69, 9.17) is 57.2 Å². The fourth-order valence-electron chi connectivity index (χ4n) is 0. The van der Waals surface area contributed by atoms with E-state index in [2.05, 4.69) is 0 Å². The van der Waals surface area contributed by atoms with Gasteiger partial charge in [0.1, 0.15) is 0 Å². The standard InChI is InChI=1S/6ClH.K.Pd/h6*1H;;/q;;;;;;;+6/p-6. The maximum absolute atomic E-state index is 5.08. The molecule has 0 rings (SSSR count). The van der Waals surface area contributed by atoms with E-state index >= 15 is 0 Å². The van der Waals surface area contributed by atoms with Gasteiger partial charge in [-0.15, -0.1) is 0 Å².